The minimum atomic E-state index is 0.215. The molecule has 0 unspecified atom stereocenters. The molecule has 18 heavy (non-hydrogen) atoms. The van der Waals surface area contributed by atoms with E-state index in [1.807, 2.05) is 25.1 Å². The van der Waals surface area contributed by atoms with Gasteiger partial charge in [0, 0.05) is 4.47 Å². The highest BCUT2D eigenvalue weighted by molar-refractivity contribution is 9.10. The average molecular weight is 324 g/mol. The Morgan fingerprint density at radius 2 is 2.11 bits per heavy atom. The Balaban J connectivity index is 2.23. The molecule has 2 rings (SSSR count). The molecule has 0 aliphatic carbocycles. The first kappa shape index (κ1) is 12.9. The fourth-order valence-electron chi connectivity index (χ4n) is 1.29. The van der Waals surface area contributed by atoms with Gasteiger partial charge in [0.15, 0.2) is 0 Å². The third kappa shape index (κ3) is 3.02. The first-order valence-corrected chi connectivity index (χ1v) is 6.32. The lowest BCUT2D eigenvalue weighted by atomic mass is 10.2. The number of benzene rings is 1. The molecule has 0 saturated carbocycles. The van der Waals surface area contributed by atoms with Crippen LogP contribution >= 0.6 is 28.1 Å². The van der Waals surface area contributed by atoms with Crippen LogP contribution in [0.5, 0.6) is 11.6 Å². The fraction of sp³-hybridized carbons (Fsp3) is 0.0833. The number of aryl methyl sites for hydroxylation is 1. The number of nitrogens with two attached hydrogens (primary N) is 1. The molecule has 6 heteroatoms. The van der Waals surface area contributed by atoms with Gasteiger partial charge in [-0.05, 0) is 24.6 Å². The van der Waals surface area contributed by atoms with Crippen LogP contribution < -0.4 is 10.5 Å². The topological polar surface area (TPSA) is 61.0 Å². The van der Waals surface area contributed by atoms with Gasteiger partial charge in [0.1, 0.15) is 16.4 Å². The van der Waals surface area contributed by atoms with Crippen molar-refractivity contribution in [3.05, 3.63) is 46.3 Å². The van der Waals surface area contributed by atoms with Crippen molar-refractivity contribution in [2.75, 3.05) is 0 Å². The Morgan fingerprint density at radius 1 is 1.33 bits per heavy atom. The quantitative estimate of drug-likeness (QED) is 0.880. The van der Waals surface area contributed by atoms with Crippen LogP contribution in [0.25, 0.3) is 0 Å². The van der Waals surface area contributed by atoms with Crippen LogP contribution in [-0.2, 0) is 0 Å². The second-order valence-electron chi connectivity index (χ2n) is 3.62. The minimum absolute atomic E-state index is 0.215. The molecular weight excluding hydrogens is 314 g/mol. The molecule has 2 N–H and O–H groups in total. The normalized spacial score (nSPS) is 10.1. The first-order chi connectivity index (χ1) is 8.56. The van der Waals surface area contributed by atoms with Crippen LogP contribution in [0.3, 0.4) is 0 Å². The highest BCUT2D eigenvalue weighted by atomic mass is 79.9. The standard InChI is InChI=1S/C12H10BrN3OS/c1-7-2-3-8(13)4-10(7)17-11-6-15-9(5-16-11)12(14)18/h2-6H,1H3,(H2,14,18). The summed E-state index contributed by atoms with van der Waals surface area (Å²) in [6.07, 6.45) is 2.99. The highest BCUT2D eigenvalue weighted by Crippen LogP contribution is 2.26. The highest BCUT2D eigenvalue weighted by Gasteiger charge is 2.05. The summed E-state index contributed by atoms with van der Waals surface area (Å²) in [4.78, 5) is 8.37. The maximum absolute atomic E-state index is 5.64. The van der Waals surface area contributed by atoms with Crippen molar-refractivity contribution < 1.29 is 4.74 Å². The summed E-state index contributed by atoms with van der Waals surface area (Å²) in [5.74, 6) is 1.12. The number of rotatable bonds is 3. The predicted molar refractivity (Wildman–Crippen MR) is 76.9 cm³/mol. The molecule has 1 aromatic heterocycles. The van der Waals surface area contributed by atoms with E-state index in [1.165, 1.54) is 12.4 Å². The molecule has 4 nitrogen and oxygen atoms in total. The molecule has 2 aromatic rings. The summed E-state index contributed by atoms with van der Waals surface area (Å²) in [6, 6.07) is 5.78. The van der Waals surface area contributed by atoms with E-state index in [1.54, 1.807) is 0 Å². The number of hydrogen-bond donors (Lipinski definition) is 1. The Kier molecular flexibility index (Phi) is 3.88. The third-order valence-corrected chi connectivity index (χ3v) is 2.95. The first-order valence-electron chi connectivity index (χ1n) is 5.12. The van der Waals surface area contributed by atoms with Crippen molar-refractivity contribution in [1.29, 1.82) is 0 Å². The zero-order valence-corrected chi connectivity index (χ0v) is 12.0. The Morgan fingerprint density at radius 3 is 2.72 bits per heavy atom. The fourth-order valence-corrected chi connectivity index (χ4v) is 1.74. The molecule has 1 heterocycles. The van der Waals surface area contributed by atoms with Crippen molar-refractivity contribution in [1.82, 2.24) is 9.97 Å². The Bertz CT molecular complexity index is 586. The largest absolute Gasteiger partial charge is 0.437 e. The van der Waals surface area contributed by atoms with Crippen molar-refractivity contribution in [2.24, 2.45) is 5.73 Å². The van der Waals surface area contributed by atoms with E-state index in [0.717, 1.165) is 15.8 Å². The zero-order chi connectivity index (χ0) is 13.1. The van der Waals surface area contributed by atoms with E-state index in [0.29, 0.717) is 11.6 Å². The van der Waals surface area contributed by atoms with Gasteiger partial charge in [-0.25, -0.2) is 9.97 Å². The van der Waals surface area contributed by atoms with Gasteiger partial charge in [0.25, 0.3) is 0 Å². The van der Waals surface area contributed by atoms with Crippen LogP contribution in [0.2, 0.25) is 0 Å². The molecule has 0 fully saturated rings. The lowest BCUT2D eigenvalue weighted by Crippen LogP contribution is -2.11. The van der Waals surface area contributed by atoms with Gasteiger partial charge in [0.05, 0.1) is 12.4 Å². The number of ether oxygens (including phenoxy) is 1. The third-order valence-electron chi connectivity index (χ3n) is 2.25. The molecule has 92 valence electrons. The molecule has 0 spiro atoms. The minimum Gasteiger partial charge on any atom is -0.437 e. The maximum atomic E-state index is 5.64. The smallest absolute Gasteiger partial charge is 0.237 e. The molecule has 0 atom stereocenters. The van der Waals surface area contributed by atoms with Crippen LogP contribution in [0, 0.1) is 6.92 Å². The van der Waals surface area contributed by atoms with Gasteiger partial charge in [-0.2, -0.15) is 0 Å². The van der Waals surface area contributed by atoms with Gasteiger partial charge in [-0.1, -0.05) is 34.2 Å². The van der Waals surface area contributed by atoms with Crippen LogP contribution in [0.4, 0.5) is 0 Å². The number of thiocarbonyl (C=S) groups is 1. The van der Waals surface area contributed by atoms with Crippen molar-refractivity contribution in [2.45, 2.75) is 6.92 Å². The van der Waals surface area contributed by atoms with Gasteiger partial charge in [-0.3, -0.25) is 0 Å². The van der Waals surface area contributed by atoms with Crippen LogP contribution in [0.1, 0.15) is 11.3 Å². The summed E-state index contributed by atoms with van der Waals surface area (Å²) < 4.78 is 6.58. The number of aromatic nitrogens is 2. The monoisotopic (exact) mass is 323 g/mol. The molecule has 0 radical (unpaired) electrons. The molecule has 0 aliphatic rings. The van der Waals surface area contributed by atoms with E-state index in [4.69, 9.17) is 22.7 Å². The lowest BCUT2D eigenvalue weighted by Gasteiger charge is -2.08. The van der Waals surface area contributed by atoms with E-state index in [9.17, 15) is 0 Å². The summed E-state index contributed by atoms with van der Waals surface area (Å²) in [7, 11) is 0. The van der Waals surface area contributed by atoms with E-state index in [2.05, 4.69) is 25.9 Å². The summed E-state index contributed by atoms with van der Waals surface area (Å²) in [5, 5.41) is 0. The van der Waals surface area contributed by atoms with Gasteiger partial charge >= 0.3 is 0 Å². The van der Waals surface area contributed by atoms with E-state index >= 15 is 0 Å². The Hall–Kier alpha value is -1.53. The van der Waals surface area contributed by atoms with Gasteiger partial charge in [-0.15, -0.1) is 0 Å². The molecule has 0 saturated heterocycles. The van der Waals surface area contributed by atoms with Gasteiger partial charge in [0.2, 0.25) is 5.88 Å². The van der Waals surface area contributed by atoms with Crippen molar-refractivity contribution in [3.8, 4) is 11.6 Å². The molecule has 0 aliphatic heterocycles. The second-order valence-corrected chi connectivity index (χ2v) is 4.97. The number of halogens is 1. The predicted octanol–water partition coefficient (Wildman–Crippen LogP) is 2.97. The van der Waals surface area contributed by atoms with Gasteiger partial charge < -0.3 is 10.5 Å². The summed E-state index contributed by atoms with van der Waals surface area (Å²) in [5.41, 5.74) is 6.93. The van der Waals surface area contributed by atoms with Crippen LogP contribution in [0.15, 0.2) is 35.1 Å². The number of nitrogens with zero attached hydrogens (tertiary/aromatic N) is 2. The van der Waals surface area contributed by atoms with Crippen molar-refractivity contribution in [3.63, 3.8) is 0 Å². The summed E-state index contributed by atoms with van der Waals surface area (Å²) in [6.45, 7) is 1.96. The lowest BCUT2D eigenvalue weighted by molar-refractivity contribution is 0.456. The molecular formula is C12H10BrN3OS. The SMILES string of the molecule is Cc1ccc(Br)cc1Oc1cnc(C(N)=S)cn1. The summed E-state index contributed by atoms with van der Waals surface area (Å²) >= 11 is 8.19. The maximum Gasteiger partial charge on any atom is 0.237 e. The zero-order valence-electron chi connectivity index (χ0n) is 9.55. The van der Waals surface area contributed by atoms with Crippen molar-refractivity contribution >= 4 is 33.1 Å². The van der Waals surface area contributed by atoms with E-state index in [-0.39, 0.29) is 4.99 Å². The average Bonchev–Trinajstić information content (AvgIpc) is 2.34. The van der Waals surface area contributed by atoms with E-state index < -0.39 is 0 Å². The second kappa shape index (κ2) is 5.41. The Labute approximate surface area is 118 Å². The molecule has 0 amide bonds. The van der Waals surface area contributed by atoms with Crippen LogP contribution in [-0.4, -0.2) is 15.0 Å². The molecule has 1 aromatic carbocycles. The molecule has 0 bridgehead atoms. The number of hydrogen-bond acceptors (Lipinski definition) is 4.